The van der Waals surface area contributed by atoms with Crippen molar-refractivity contribution in [2.45, 2.75) is 12.8 Å². The molecule has 0 N–H and O–H groups in total. The third-order valence-electron chi connectivity index (χ3n) is 0.577. The Balaban J connectivity index is -0.0000000800. The van der Waals surface area contributed by atoms with Crippen LogP contribution in [0.5, 0.6) is 0 Å². The van der Waals surface area contributed by atoms with Crippen molar-refractivity contribution < 1.29 is 86.2 Å². The van der Waals surface area contributed by atoms with E-state index in [-0.39, 0.29) is 46.6 Å². The van der Waals surface area contributed by atoms with Crippen LogP contribution >= 0.6 is 0 Å². The number of carbonyl (C=O) groups is 4. The molecule has 0 aromatic rings. The van der Waals surface area contributed by atoms with E-state index in [0.717, 1.165) is 0 Å². The first-order valence-electron chi connectivity index (χ1n) is 3.05. The Morgan fingerprint density at radius 1 is 0.625 bits per heavy atom. The monoisotopic (exact) mass is 283 g/mol. The van der Waals surface area contributed by atoms with E-state index in [1.54, 1.807) is 0 Å². The molecule has 0 aliphatic rings. The van der Waals surface area contributed by atoms with Crippen LogP contribution in [-0.2, 0) is 36.2 Å². The summed E-state index contributed by atoms with van der Waals surface area (Å²) in [4.78, 5) is 37.1. The fraction of sp³-hybridized carbons (Fsp3) is 0.333. The zero-order chi connectivity index (χ0) is 11.7. The molecule has 85 valence electrons. The summed E-state index contributed by atoms with van der Waals surface area (Å²) in [6, 6.07) is 0. The van der Waals surface area contributed by atoms with Gasteiger partial charge in [-0.3, -0.25) is 0 Å². The van der Waals surface area contributed by atoms with Crippen molar-refractivity contribution in [1.82, 2.24) is 0 Å². The molecule has 0 aliphatic heterocycles. The van der Waals surface area contributed by atoms with Crippen LogP contribution in [0.3, 0.4) is 0 Å². The second kappa shape index (κ2) is 14.4. The summed E-state index contributed by atoms with van der Waals surface area (Å²) in [6.07, 6.45) is -2.06. The fourth-order valence-electron chi connectivity index (χ4n) is 0.236. The van der Waals surface area contributed by atoms with Gasteiger partial charge in [-0.05, 0) is 0 Å². The summed E-state index contributed by atoms with van der Waals surface area (Å²) in [6.45, 7) is 0. The Morgan fingerprint density at radius 2 is 0.750 bits per heavy atom. The summed E-state index contributed by atoms with van der Waals surface area (Å²) in [5, 5.41) is 37.1. The third-order valence-corrected chi connectivity index (χ3v) is 0.577. The molecule has 0 fully saturated rings. The summed E-state index contributed by atoms with van der Waals surface area (Å²) in [7, 11) is 0. The van der Waals surface area contributed by atoms with Gasteiger partial charge in [0.05, 0.1) is 0 Å². The first-order chi connectivity index (χ1) is 6.25. The topological polar surface area (TPSA) is 161 Å². The Kier molecular flexibility index (Phi) is 22.1. The molecule has 0 saturated carbocycles. The molecule has 8 nitrogen and oxygen atoms in total. The van der Waals surface area contributed by atoms with Crippen LogP contribution in [-0.4, -0.2) is 23.9 Å². The van der Waals surface area contributed by atoms with Crippen LogP contribution < -0.4 is 50.0 Å². The third kappa shape index (κ3) is 37.6. The quantitative estimate of drug-likeness (QED) is 0.363. The van der Waals surface area contributed by atoms with Gasteiger partial charge in [0.15, 0.2) is 0 Å². The first-order valence-corrected chi connectivity index (χ1v) is 3.05. The van der Waals surface area contributed by atoms with E-state index in [0.29, 0.717) is 0 Å². The van der Waals surface area contributed by atoms with Gasteiger partial charge >= 0.3 is 46.6 Å². The molecule has 0 aromatic heterocycles. The molecule has 0 unspecified atom stereocenters. The van der Waals surface area contributed by atoms with Crippen LogP contribution in [0, 0.1) is 0 Å². The summed E-state index contributed by atoms with van der Waals surface area (Å²) < 4.78 is 0. The van der Waals surface area contributed by atoms with Crippen molar-refractivity contribution >= 4 is 23.9 Å². The van der Waals surface area contributed by atoms with E-state index >= 15 is 0 Å². The van der Waals surface area contributed by atoms with E-state index in [4.69, 9.17) is 0 Å². The second-order valence-corrected chi connectivity index (χ2v) is 1.84. The van der Waals surface area contributed by atoms with Crippen LogP contribution in [0.25, 0.3) is 0 Å². The molecule has 16 heavy (non-hydrogen) atoms. The van der Waals surface area contributed by atoms with E-state index < -0.39 is 36.7 Å². The molecular weight excluding hydrogens is 279 g/mol. The maximum absolute atomic E-state index is 9.28. The van der Waals surface area contributed by atoms with Gasteiger partial charge in [-0.15, -0.1) is 0 Å². The first kappa shape index (κ1) is 24.6. The van der Waals surface area contributed by atoms with E-state index in [2.05, 4.69) is 0 Å². The Bertz CT molecular complexity index is 203. The van der Waals surface area contributed by atoms with Crippen LogP contribution in [0.1, 0.15) is 12.8 Å². The maximum Gasteiger partial charge on any atom is 3.00 e. The minimum atomic E-state index is -1.63. The minimum Gasteiger partial charge on any atom is -0.550 e. The van der Waals surface area contributed by atoms with Crippen molar-refractivity contribution in [3.8, 4) is 0 Å². The van der Waals surface area contributed by atoms with Gasteiger partial charge in [0, 0.05) is 36.7 Å². The normalized spacial score (nSPS) is 7.00. The second-order valence-electron chi connectivity index (χ2n) is 1.84. The smallest absolute Gasteiger partial charge is 0.550 e. The van der Waals surface area contributed by atoms with Gasteiger partial charge in [-0.1, -0.05) is 0 Å². The van der Waals surface area contributed by atoms with Gasteiger partial charge in [0.25, 0.3) is 0 Å². The summed E-state index contributed by atoms with van der Waals surface area (Å²) >= 11 is 0. The zero-order valence-corrected chi connectivity index (χ0v) is 11.1. The Labute approximate surface area is 122 Å². The van der Waals surface area contributed by atoms with E-state index in [1.807, 2.05) is 0 Å². The van der Waals surface area contributed by atoms with Gasteiger partial charge in [-0.25, -0.2) is 0 Å². The Hall–Kier alpha value is -0.601. The van der Waals surface area contributed by atoms with E-state index in [9.17, 15) is 39.6 Å². The number of carboxylic acid groups (broad SMARTS) is 4. The molecular formula is C6H4FeNaO8. The average molecular weight is 283 g/mol. The average Bonchev–Trinajstić information content (AvgIpc) is 1.79. The van der Waals surface area contributed by atoms with Crippen LogP contribution in [0.4, 0.5) is 0 Å². The molecule has 0 aliphatic carbocycles. The van der Waals surface area contributed by atoms with Gasteiger partial charge in [0.2, 0.25) is 0 Å². The molecule has 10 heteroatoms. The summed E-state index contributed by atoms with van der Waals surface area (Å²) in [5.74, 6) is -6.50. The van der Waals surface area contributed by atoms with Crippen molar-refractivity contribution in [2.75, 3.05) is 0 Å². The van der Waals surface area contributed by atoms with Gasteiger partial charge in [0.1, 0.15) is 0 Å². The molecule has 0 saturated heterocycles. The molecule has 1 radical (unpaired) electrons. The predicted octanol–water partition coefficient (Wildman–Crippen LogP) is -9.25. The number of rotatable bonds is 4. The Morgan fingerprint density at radius 3 is 0.750 bits per heavy atom. The van der Waals surface area contributed by atoms with Crippen molar-refractivity contribution in [3.63, 3.8) is 0 Å². The van der Waals surface area contributed by atoms with Gasteiger partial charge < -0.3 is 39.6 Å². The number of hydrogen-bond acceptors (Lipinski definition) is 8. The van der Waals surface area contributed by atoms with Crippen LogP contribution in [0.15, 0.2) is 0 Å². The largest absolute Gasteiger partial charge is 3.00 e. The molecule has 0 atom stereocenters. The standard InChI is InChI=1S/2C3H4O4.Fe.Na/c2*4-2(5)1-3(6)7;;/h2*1H2,(H,4,5)(H,6,7);;/q;;+3;+1/p-4. The number of carboxylic acids is 4. The molecule has 0 spiro atoms. The van der Waals surface area contributed by atoms with Crippen molar-refractivity contribution in [2.24, 2.45) is 0 Å². The van der Waals surface area contributed by atoms with E-state index in [1.165, 1.54) is 0 Å². The zero-order valence-electron chi connectivity index (χ0n) is 8.03. The fourth-order valence-corrected chi connectivity index (χ4v) is 0.236. The molecule has 0 heterocycles. The number of aliphatic carboxylic acids is 4. The molecule has 0 bridgehead atoms. The van der Waals surface area contributed by atoms with Crippen molar-refractivity contribution in [1.29, 1.82) is 0 Å². The number of carbonyl (C=O) groups excluding carboxylic acids is 4. The minimum absolute atomic E-state index is 0. The maximum atomic E-state index is 9.28. The van der Waals surface area contributed by atoms with Gasteiger partial charge in [-0.2, -0.15) is 0 Å². The molecule has 0 rings (SSSR count). The van der Waals surface area contributed by atoms with Crippen molar-refractivity contribution in [3.05, 3.63) is 0 Å². The predicted molar refractivity (Wildman–Crippen MR) is 29.3 cm³/mol. The summed E-state index contributed by atoms with van der Waals surface area (Å²) in [5.41, 5.74) is 0. The SMILES string of the molecule is O=C([O-])CC(=O)[O-].O=C([O-])CC(=O)[O-].[Fe+3].[Na+]. The molecule has 0 amide bonds. The van der Waals surface area contributed by atoms with Crippen LogP contribution in [0.2, 0.25) is 0 Å². The molecule has 0 aromatic carbocycles. The number of hydrogen-bond donors (Lipinski definition) is 0.